The molecular weight excluding hydrogens is 258 g/mol. The number of nitrogens with zero attached hydrogens (tertiary/aromatic N) is 2. The van der Waals surface area contributed by atoms with E-state index in [2.05, 4.69) is 43.8 Å². The van der Waals surface area contributed by atoms with Gasteiger partial charge in [0.05, 0.1) is 19.0 Å². The highest BCUT2D eigenvalue weighted by Crippen LogP contribution is 2.36. The monoisotopic (exact) mass is 283 g/mol. The molecular formula is C13H25N3O2Si. The Kier molecular flexibility index (Phi) is 4.92. The standard InChI is InChI=1S/C13H25N3O2Si/c1-13(2,3)19(5,6)18-8-7-10-9-15-11(14)12(16-10)17-4/h9H,7-8H2,1-6H3,(H2,14,15). The smallest absolute Gasteiger partial charge is 0.257 e. The fourth-order valence-electron chi connectivity index (χ4n) is 1.31. The second-order valence-electron chi connectivity index (χ2n) is 6.11. The molecule has 0 aromatic carbocycles. The molecule has 19 heavy (non-hydrogen) atoms. The molecule has 0 radical (unpaired) electrons. The zero-order valence-electron chi connectivity index (χ0n) is 12.8. The Hall–Kier alpha value is -1.14. The van der Waals surface area contributed by atoms with Gasteiger partial charge in [-0.25, -0.2) is 9.97 Å². The van der Waals surface area contributed by atoms with Crippen molar-refractivity contribution in [1.29, 1.82) is 0 Å². The topological polar surface area (TPSA) is 70.3 Å². The Morgan fingerprint density at radius 3 is 2.47 bits per heavy atom. The van der Waals surface area contributed by atoms with Gasteiger partial charge in [0.25, 0.3) is 5.88 Å². The predicted octanol–water partition coefficient (Wildman–Crippen LogP) is 2.63. The molecule has 0 aliphatic rings. The van der Waals surface area contributed by atoms with Crippen LogP contribution in [-0.4, -0.2) is 32.0 Å². The van der Waals surface area contributed by atoms with Crippen LogP contribution in [0.4, 0.5) is 5.82 Å². The third-order valence-electron chi connectivity index (χ3n) is 3.64. The molecule has 1 aromatic heterocycles. The summed E-state index contributed by atoms with van der Waals surface area (Å²) in [7, 11) is -0.158. The number of ether oxygens (including phenoxy) is 1. The van der Waals surface area contributed by atoms with Crippen molar-refractivity contribution in [2.24, 2.45) is 0 Å². The lowest BCUT2D eigenvalue weighted by Gasteiger charge is -2.36. The van der Waals surface area contributed by atoms with E-state index >= 15 is 0 Å². The second kappa shape index (κ2) is 5.88. The summed E-state index contributed by atoms with van der Waals surface area (Å²) < 4.78 is 11.2. The highest BCUT2D eigenvalue weighted by Gasteiger charge is 2.36. The lowest BCUT2D eigenvalue weighted by molar-refractivity contribution is 0.290. The van der Waals surface area contributed by atoms with Gasteiger partial charge in [-0.05, 0) is 18.1 Å². The molecule has 0 amide bonds. The number of aromatic nitrogens is 2. The van der Waals surface area contributed by atoms with Crippen LogP contribution in [0.5, 0.6) is 5.88 Å². The maximum absolute atomic E-state index is 6.10. The zero-order chi connectivity index (χ0) is 14.7. The maximum Gasteiger partial charge on any atom is 0.257 e. The number of hydrogen-bond acceptors (Lipinski definition) is 5. The first-order valence-electron chi connectivity index (χ1n) is 6.47. The van der Waals surface area contributed by atoms with Crippen molar-refractivity contribution in [2.45, 2.75) is 45.3 Å². The summed E-state index contributed by atoms with van der Waals surface area (Å²) in [5.41, 5.74) is 6.47. The average Bonchev–Trinajstić information content (AvgIpc) is 2.29. The molecule has 0 fully saturated rings. The fourth-order valence-corrected chi connectivity index (χ4v) is 2.36. The third kappa shape index (κ3) is 4.17. The molecule has 0 atom stereocenters. The minimum atomic E-state index is -1.70. The highest BCUT2D eigenvalue weighted by molar-refractivity contribution is 6.74. The third-order valence-corrected chi connectivity index (χ3v) is 8.18. The number of rotatable bonds is 5. The van der Waals surface area contributed by atoms with Crippen molar-refractivity contribution in [2.75, 3.05) is 19.5 Å². The molecule has 0 bridgehead atoms. The van der Waals surface area contributed by atoms with Gasteiger partial charge in [-0.1, -0.05) is 20.8 Å². The van der Waals surface area contributed by atoms with E-state index in [1.807, 2.05) is 0 Å². The molecule has 0 unspecified atom stereocenters. The minimum Gasteiger partial charge on any atom is -0.478 e. The zero-order valence-corrected chi connectivity index (χ0v) is 13.8. The van der Waals surface area contributed by atoms with Gasteiger partial charge in [-0.2, -0.15) is 0 Å². The molecule has 0 spiro atoms. The molecule has 1 aromatic rings. The SMILES string of the molecule is COc1nc(CCO[Si](C)(C)C(C)(C)C)cnc1N. The van der Waals surface area contributed by atoms with Crippen LogP contribution >= 0.6 is 0 Å². The molecule has 0 saturated heterocycles. The van der Waals surface area contributed by atoms with E-state index < -0.39 is 8.32 Å². The number of nitrogen functional groups attached to an aromatic ring is 1. The molecule has 108 valence electrons. The van der Waals surface area contributed by atoms with Gasteiger partial charge in [0, 0.05) is 13.0 Å². The van der Waals surface area contributed by atoms with E-state index in [4.69, 9.17) is 14.9 Å². The molecule has 5 nitrogen and oxygen atoms in total. The minimum absolute atomic E-state index is 0.220. The van der Waals surface area contributed by atoms with E-state index in [0.717, 1.165) is 12.1 Å². The number of nitrogens with two attached hydrogens (primary N) is 1. The maximum atomic E-state index is 6.10. The quantitative estimate of drug-likeness (QED) is 0.841. The molecule has 1 rings (SSSR count). The summed E-state index contributed by atoms with van der Waals surface area (Å²) in [6, 6.07) is 0. The summed E-state index contributed by atoms with van der Waals surface area (Å²) in [4.78, 5) is 8.36. The largest absolute Gasteiger partial charge is 0.478 e. The Labute approximate surface area is 116 Å². The van der Waals surface area contributed by atoms with Gasteiger partial charge in [0.15, 0.2) is 14.1 Å². The second-order valence-corrected chi connectivity index (χ2v) is 10.9. The molecule has 6 heteroatoms. The summed E-state index contributed by atoms with van der Waals surface area (Å²) in [6.07, 6.45) is 2.39. The van der Waals surface area contributed by atoms with Crippen LogP contribution in [0, 0.1) is 0 Å². The lowest BCUT2D eigenvalue weighted by atomic mass is 10.2. The van der Waals surface area contributed by atoms with Gasteiger partial charge >= 0.3 is 0 Å². The van der Waals surface area contributed by atoms with E-state index in [1.165, 1.54) is 7.11 Å². The van der Waals surface area contributed by atoms with Gasteiger partial charge in [0.2, 0.25) is 0 Å². The van der Waals surface area contributed by atoms with Gasteiger partial charge in [-0.15, -0.1) is 0 Å². The van der Waals surface area contributed by atoms with Gasteiger partial charge < -0.3 is 14.9 Å². The Morgan fingerprint density at radius 2 is 1.95 bits per heavy atom. The lowest BCUT2D eigenvalue weighted by Crippen LogP contribution is -2.41. The van der Waals surface area contributed by atoms with Crippen LogP contribution in [-0.2, 0) is 10.8 Å². The molecule has 0 aliphatic carbocycles. The van der Waals surface area contributed by atoms with Gasteiger partial charge in [0.1, 0.15) is 0 Å². The van der Waals surface area contributed by atoms with E-state index in [9.17, 15) is 0 Å². The summed E-state index contributed by atoms with van der Waals surface area (Å²) in [5.74, 6) is 0.696. The van der Waals surface area contributed by atoms with Crippen molar-refractivity contribution >= 4 is 14.1 Å². The Balaban J connectivity index is 2.59. The van der Waals surface area contributed by atoms with Crippen LogP contribution in [0.25, 0.3) is 0 Å². The molecule has 0 aliphatic heterocycles. The normalized spacial score (nSPS) is 12.5. The molecule has 1 heterocycles. The van der Waals surface area contributed by atoms with Crippen molar-refractivity contribution in [3.05, 3.63) is 11.9 Å². The van der Waals surface area contributed by atoms with Crippen LogP contribution in [0.15, 0.2) is 6.20 Å². The Bertz CT molecular complexity index is 430. The summed E-state index contributed by atoms with van der Waals surface area (Å²) in [5, 5.41) is 0.220. The number of anilines is 1. The summed E-state index contributed by atoms with van der Waals surface area (Å²) in [6.45, 7) is 11.8. The van der Waals surface area contributed by atoms with Crippen LogP contribution in [0.2, 0.25) is 18.1 Å². The fraction of sp³-hybridized carbons (Fsp3) is 0.692. The predicted molar refractivity (Wildman–Crippen MR) is 79.8 cm³/mol. The average molecular weight is 283 g/mol. The first kappa shape index (κ1) is 15.9. The highest BCUT2D eigenvalue weighted by atomic mass is 28.4. The van der Waals surface area contributed by atoms with E-state index in [1.54, 1.807) is 6.20 Å². The number of hydrogen-bond donors (Lipinski definition) is 1. The van der Waals surface area contributed by atoms with Crippen LogP contribution < -0.4 is 10.5 Å². The van der Waals surface area contributed by atoms with Gasteiger partial charge in [-0.3, -0.25) is 0 Å². The van der Waals surface area contributed by atoms with E-state index in [-0.39, 0.29) is 5.04 Å². The molecule has 2 N–H and O–H groups in total. The number of methoxy groups -OCH3 is 1. The first-order valence-corrected chi connectivity index (χ1v) is 9.37. The van der Waals surface area contributed by atoms with Crippen molar-refractivity contribution < 1.29 is 9.16 Å². The Morgan fingerprint density at radius 1 is 1.32 bits per heavy atom. The first-order chi connectivity index (χ1) is 8.67. The summed E-state index contributed by atoms with van der Waals surface area (Å²) >= 11 is 0. The van der Waals surface area contributed by atoms with Crippen LogP contribution in [0.3, 0.4) is 0 Å². The van der Waals surface area contributed by atoms with Crippen LogP contribution in [0.1, 0.15) is 26.5 Å². The van der Waals surface area contributed by atoms with Crippen molar-refractivity contribution in [3.63, 3.8) is 0 Å². The van der Waals surface area contributed by atoms with E-state index in [0.29, 0.717) is 18.3 Å². The molecule has 0 saturated carbocycles. The van der Waals surface area contributed by atoms with Crippen molar-refractivity contribution in [1.82, 2.24) is 9.97 Å². The van der Waals surface area contributed by atoms with Crippen molar-refractivity contribution in [3.8, 4) is 5.88 Å².